The van der Waals surface area contributed by atoms with E-state index in [1.807, 2.05) is 13.0 Å². The minimum Gasteiger partial charge on any atom is -0.330 e. The Hall–Kier alpha value is -1.92. The summed E-state index contributed by atoms with van der Waals surface area (Å²) in [6.45, 7) is 2.38. The van der Waals surface area contributed by atoms with Crippen LogP contribution in [0, 0.1) is 12.3 Å². The number of nitrogens with zero attached hydrogens (tertiary/aromatic N) is 1. The van der Waals surface area contributed by atoms with Crippen LogP contribution in [-0.4, -0.2) is 24.3 Å². The molecule has 0 unspecified atom stereocenters. The van der Waals surface area contributed by atoms with Crippen LogP contribution >= 0.6 is 12.4 Å². The molecule has 0 radical (unpaired) electrons. The predicted molar refractivity (Wildman–Crippen MR) is 108 cm³/mol. The first-order chi connectivity index (χ1) is 12.4. The van der Waals surface area contributed by atoms with Crippen LogP contribution in [0.25, 0.3) is 0 Å². The Morgan fingerprint density at radius 2 is 1.78 bits per heavy atom. The van der Waals surface area contributed by atoms with Gasteiger partial charge in [-0.15, -0.1) is 12.4 Å². The molecule has 3 amide bonds. The number of carbonyl (C=O) groups is 3. The number of hydrogen-bond donors (Lipinski definition) is 2. The van der Waals surface area contributed by atoms with Crippen molar-refractivity contribution in [1.82, 2.24) is 0 Å². The number of nitrogens with two attached hydrogens (primary N) is 1. The van der Waals surface area contributed by atoms with Gasteiger partial charge in [0, 0.05) is 24.9 Å². The molecular formula is C20H28ClN3O3. The highest BCUT2D eigenvalue weighted by Crippen LogP contribution is 2.38. The Morgan fingerprint density at radius 3 is 2.33 bits per heavy atom. The van der Waals surface area contributed by atoms with Gasteiger partial charge in [-0.25, -0.2) is 0 Å². The van der Waals surface area contributed by atoms with E-state index in [0.717, 1.165) is 31.2 Å². The Morgan fingerprint density at radius 1 is 1.15 bits per heavy atom. The standard InChI is InChI=1S/C20H27N3O3.ClH/c1-14-11-15(5-6-16(14)23-18(25)7-8-19(23)26)22-17(24)12-20(13-21)9-3-2-4-10-20;/h5-6,11H,2-4,7-10,12-13,21H2,1H3,(H,22,24);1H. The van der Waals surface area contributed by atoms with Gasteiger partial charge >= 0.3 is 0 Å². The molecular weight excluding hydrogens is 366 g/mol. The number of amides is 3. The average Bonchev–Trinajstić information content (AvgIpc) is 2.94. The maximum atomic E-state index is 12.5. The predicted octanol–water partition coefficient (Wildman–Crippen LogP) is 3.31. The van der Waals surface area contributed by atoms with Crippen molar-refractivity contribution in [3.8, 4) is 0 Å². The van der Waals surface area contributed by atoms with E-state index in [0.29, 0.717) is 24.3 Å². The molecule has 0 spiro atoms. The molecule has 1 aliphatic heterocycles. The summed E-state index contributed by atoms with van der Waals surface area (Å²) in [6.07, 6.45) is 6.47. The van der Waals surface area contributed by atoms with E-state index in [9.17, 15) is 14.4 Å². The normalized spacial score (nSPS) is 19.0. The molecule has 27 heavy (non-hydrogen) atoms. The Kier molecular flexibility index (Phi) is 7.00. The van der Waals surface area contributed by atoms with Gasteiger partial charge in [0.15, 0.2) is 0 Å². The molecule has 0 bridgehead atoms. The monoisotopic (exact) mass is 393 g/mol. The van der Waals surface area contributed by atoms with E-state index in [1.165, 1.54) is 11.3 Å². The second-order valence-corrected chi connectivity index (χ2v) is 7.61. The summed E-state index contributed by atoms with van der Waals surface area (Å²) in [6, 6.07) is 5.28. The largest absolute Gasteiger partial charge is 0.330 e. The SMILES string of the molecule is Cc1cc(NC(=O)CC2(CN)CCCCC2)ccc1N1C(=O)CCC1=O.Cl. The van der Waals surface area contributed by atoms with Crippen LogP contribution in [0.2, 0.25) is 0 Å². The van der Waals surface area contributed by atoms with E-state index in [4.69, 9.17) is 5.73 Å². The lowest BCUT2D eigenvalue weighted by Crippen LogP contribution is -2.36. The van der Waals surface area contributed by atoms with Gasteiger partial charge in [-0.1, -0.05) is 19.3 Å². The summed E-state index contributed by atoms with van der Waals surface area (Å²) < 4.78 is 0. The van der Waals surface area contributed by atoms with E-state index in [2.05, 4.69) is 5.32 Å². The summed E-state index contributed by atoms with van der Waals surface area (Å²) in [5.74, 6) is -0.369. The molecule has 3 N–H and O–H groups in total. The molecule has 0 atom stereocenters. The van der Waals surface area contributed by atoms with E-state index >= 15 is 0 Å². The highest BCUT2D eigenvalue weighted by Gasteiger charge is 2.33. The Labute approximate surface area is 166 Å². The van der Waals surface area contributed by atoms with Crippen molar-refractivity contribution in [1.29, 1.82) is 0 Å². The highest BCUT2D eigenvalue weighted by molar-refractivity contribution is 6.20. The number of benzene rings is 1. The first-order valence-corrected chi connectivity index (χ1v) is 9.40. The van der Waals surface area contributed by atoms with Gasteiger partial charge in [-0.2, -0.15) is 0 Å². The van der Waals surface area contributed by atoms with Crippen LogP contribution < -0.4 is 16.0 Å². The number of carbonyl (C=O) groups excluding carboxylic acids is 3. The van der Waals surface area contributed by atoms with Crippen LogP contribution in [0.5, 0.6) is 0 Å². The lowest BCUT2D eigenvalue weighted by molar-refractivity contribution is -0.121. The van der Waals surface area contributed by atoms with Crippen LogP contribution in [0.3, 0.4) is 0 Å². The first kappa shape index (κ1) is 21.4. The number of anilines is 2. The first-order valence-electron chi connectivity index (χ1n) is 9.40. The van der Waals surface area contributed by atoms with E-state index < -0.39 is 0 Å². The van der Waals surface area contributed by atoms with Crippen molar-refractivity contribution in [3.63, 3.8) is 0 Å². The van der Waals surface area contributed by atoms with Crippen molar-refractivity contribution < 1.29 is 14.4 Å². The minimum absolute atomic E-state index is 0. The maximum Gasteiger partial charge on any atom is 0.234 e. The van der Waals surface area contributed by atoms with Gasteiger partial charge in [-0.05, 0) is 55.5 Å². The fourth-order valence-electron chi connectivity index (χ4n) is 4.13. The molecule has 2 fully saturated rings. The third kappa shape index (κ3) is 4.68. The van der Waals surface area contributed by atoms with Crippen LogP contribution in [0.1, 0.15) is 56.9 Å². The number of aryl methyl sites for hydroxylation is 1. The number of rotatable bonds is 5. The number of imide groups is 1. The summed E-state index contributed by atoms with van der Waals surface area (Å²) in [5.41, 5.74) is 7.96. The van der Waals surface area contributed by atoms with Gasteiger partial charge in [-0.3, -0.25) is 19.3 Å². The van der Waals surface area contributed by atoms with Crippen molar-refractivity contribution in [3.05, 3.63) is 23.8 Å². The molecule has 6 nitrogen and oxygen atoms in total. The summed E-state index contributed by atoms with van der Waals surface area (Å²) in [5, 5.41) is 2.95. The zero-order valence-electron chi connectivity index (χ0n) is 15.8. The van der Waals surface area contributed by atoms with Gasteiger partial charge in [0.05, 0.1) is 5.69 Å². The van der Waals surface area contributed by atoms with Crippen LogP contribution in [0.4, 0.5) is 11.4 Å². The van der Waals surface area contributed by atoms with Crippen molar-refractivity contribution in [2.24, 2.45) is 11.1 Å². The average molecular weight is 394 g/mol. The summed E-state index contributed by atoms with van der Waals surface area (Å²) >= 11 is 0. The van der Waals surface area contributed by atoms with Gasteiger partial charge < -0.3 is 11.1 Å². The van der Waals surface area contributed by atoms with Crippen LogP contribution in [-0.2, 0) is 14.4 Å². The molecule has 3 rings (SSSR count). The quantitative estimate of drug-likeness (QED) is 0.750. The maximum absolute atomic E-state index is 12.5. The smallest absolute Gasteiger partial charge is 0.234 e. The molecule has 0 aromatic heterocycles. The summed E-state index contributed by atoms with van der Waals surface area (Å²) in [4.78, 5) is 37.6. The zero-order chi connectivity index (χ0) is 18.7. The van der Waals surface area contributed by atoms with E-state index in [-0.39, 0.29) is 48.4 Å². The molecule has 148 valence electrons. The third-order valence-electron chi connectivity index (χ3n) is 5.66. The molecule has 2 aliphatic rings. The fourth-order valence-corrected chi connectivity index (χ4v) is 4.13. The minimum atomic E-state index is -0.169. The van der Waals surface area contributed by atoms with Gasteiger partial charge in [0.1, 0.15) is 0 Å². The molecule has 1 aromatic rings. The number of halogens is 1. The second kappa shape index (κ2) is 8.85. The molecule has 1 heterocycles. The fraction of sp³-hybridized carbons (Fsp3) is 0.550. The topological polar surface area (TPSA) is 92.5 Å². The van der Waals surface area contributed by atoms with Crippen molar-refractivity contribution >= 4 is 41.5 Å². The van der Waals surface area contributed by atoms with E-state index in [1.54, 1.807) is 12.1 Å². The Balaban J connectivity index is 0.00000261. The molecule has 1 aliphatic carbocycles. The van der Waals surface area contributed by atoms with Gasteiger partial charge in [0.25, 0.3) is 0 Å². The zero-order valence-corrected chi connectivity index (χ0v) is 16.6. The molecule has 7 heteroatoms. The molecule has 1 saturated carbocycles. The lowest BCUT2D eigenvalue weighted by Gasteiger charge is -2.35. The Bertz CT molecular complexity index is 713. The van der Waals surface area contributed by atoms with Gasteiger partial charge in [0.2, 0.25) is 17.7 Å². The number of nitrogens with one attached hydrogen (secondary N) is 1. The second-order valence-electron chi connectivity index (χ2n) is 7.61. The lowest BCUT2D eigenvalue weighted by atomic mass is 9.71. The highest BCUT2D eigenvalue weighted by atomic mass is 35.5. The summed E-state index contributed by atoms with van der Waals surface area (Å²) in [7, 11) is 0. The van der Waals surface area contributed by atoms with Crippen molar-refractivity contribution in [2.75, 3.05) is 16.8 Å². The van der Waals surface area contributed by atoms with Crippen molar-refractivity contribution in [2.45, 2.75) is 58.3 Å². The van der Waals surface area contributed by atoms with Crippen LogP contribution in [0.15, 0.2) is 18.2 Å². The molecule has 1 aromatic carbocycles. The molecule has 1 saturated heterocycles. The third-order valence-corrected chi connectivity index (χ3v) is 5.66. The number of hydrogen-bond acceptors (Lipinski definition) is 4.